The Morgan fingerprint density at radius 2 is 2.50 bits per heavy atom. The minimum Gasteiger partial charge on any atom is -0.376 e. The highest BCUT2D eigenvalue weighted by Crippen LogP contribution is 2.20. The number of anilines is 1. The molecule has 7 heteroatoms. The molecular weight excluding hydrogens is 209 g/mol. The second-order valence-electron chi connectivity index (χ2n) is 3.56. The summed E-state index contributed by atoms with van der Waals surface area (Å²) in [5, 5.41) is 13.6. The van der Waals surface area contributed by atoms with Crippen LogP contribution in [0.3, 0.4) is 0 Å². The third-order valence-corrected chi connectivity index (χ3v) is 2.37. The van der Waals surface area contributed by atoms with Gasteiger partial charge in [-0.2, -0.15) is 0 Å². The molecule has 1 aromatic rings. The van der Waals surface area contributed by atoms with Gasteiger partial charge in [-0.15, -0.1) is 0 Å². The van der Waals surface area contributed by atoms with Crippen molar-refractivity contribution in [2.45, 2.75) is 12.5 Å². The molecule has 0 aromatic carbocycles. The van der Waals surface area contributed by atoms with Crippen LogP contribution in [0.2, 0.25) is 0 Å². The van der Waals surface area contributed by atoms with Crippen molar-refractivity contribution in [2.75, 3.05) is 18.5 Å². The molecule has 1 unspecified atom stereocenters. The number of nitrogens with zero attached hydrogens (tertiary/aromatic N) is 2. The molecule has 0 amide bonds. The Labute approximate surface area is 93.6 Å². The highest BCUT2D eigenvalue weighted by molar-refractivity contribution is 6.32. The molecule has 2 heterocycles. The molecule has 2 radical (unpaired) electrons. The Kier molecular flexibility index (Phi) is 3.05. The van der Waals surface area contributed by atoms with Crippen LogP contribution in [-0.2, 0) is 4.74 Å². The van der Waals surface area contributed by atoms with E-state index >= 15 is 0 Å². The summed E-state index contributed by atoms with van der Waals surface area (Å²) in [6.07, 6.45) is 2.36. The zero-order valence-electron chi connectivity index (χ0n) is 8.55. The molecule has 0 saturated carbocycles. The number of ether oxygens (including phenoxy) is 1. The van der Waals surface area contributed by atoms with E-state index in [0.29, 0.717) is 17.7 Å². The first kappa shape index (κ1) is 10.9. The average Bonchev–Trinajstić information content (AvgIpc) is 2.14. The molecule has 1 N–H and O–H groups in total. The third kappa shape index (κ3) is 2.30. The fraction of sp³-hybridized carbons (Fsp3) is 0.444. The predicted molar refractivity (Wildman–Crippen MR) is 59.1 cm³/mol. The highest BCUT2D eigenvalue weighted by Gasteiger charge is 2.20. The molecule has 1 aliphatic heterocycles. The first-order chi connectivity index (χ1) is 7.66. The Hall–Kier alpha value is -1.63. The van der Waals surface area contributed by atoms with Gasteiger partial charge in [-0.05, 0) is 22.4 Å². The molecule has 0 bridgehead atoms. The summed E-state index contributed by atoms with van der Waals surface area (Å²) in [4.78, 5) is 13.8. The monoisotopic (exact) mass is 219 g/mol. The summed E-state index contributed by atoms with van der Waals surface area (Å²) >= 11 is 0. The summed E-state index contributed by atoms with van der Waals surface area (Å²) in [7, 11) is 5.52. The first-order valence-electron chi connectivity index (χ1n) is 4.92. The maximum absolute atomic E-state index is 10.7. The quantitative estimate of drug-likeness (QED) is 0.437. The summed E-state index contributed by atoms with van der Waals surface area (Å²) in [5.74, 6) is -0.214. The molecule has 0 spiro atoms. The van der Waals surface area contributed by atoms with Gasteiger partial charge in [0.15, 0.2) is 0 Å². The number of nitro groups is 1. The topological polar surface area (TPSA) is 77.3 Å². The highest BCUT2D eigenvalue weighted by atomic mass is 16.6. The molecule has 1 aromatic heterocycles. The number of rotatable bonds is 4. The van der Waals surface area contributed by atoms with Crippen molar-refractivity contribution in [3.8, 4) is 0 Å². The fourth-order valence-electron chi connectivity index (χ4n) is 1.42. The van der Waals surface area contributed by atoms with Crippen molar-refractivity contribution >= 4 is 24.8 Å². The first-order valence-corrected chi connectivity index (χ1v) is 4.92. The van der Waals surface area contributed by atoms with E-state index in [2.05, 4.69) is 10.3 Å². The van der Waals surface area contributed by atoms with Gasteiger partial charge in [-0.1, -0.05) is 5.46 Å². The smallest absolute Gasteiger partial charge is 0.376 e. The molecule has 1 atom stereocenters. The minimum atomic E-state index is -0.538. The van der Waals surface area contributed by atoms with Gasteiger partial charge in [0.05, 0.1) is 6.10 Å². The summed E-state index contributed by atoms with van der Waals surface area (Å²) in [6.45, 7) is 1.29. The van der Waals surface area contributed by atoms with Crippen LogP contribution in [0.4, 0.5) is 11.5 Å². The van der Waals surface area contributed by atoms with E-state index in [0.717, 1.165) is 13.0 Å². The molecule has 0 aliphatic carbocycles. The van der Waals surface area contributed by atoms with E-state index in [4.69, 9.17) is 12.6 Å². The van der Waals surface area contributed by atoms with Crippen molar-refractivity contribution in [1.82, 2.24) is 4.98 Å². The number of hydrogen-bond acceptors (Lipinski definition) is 5. The lowest BCUT2D eigenvalue weighted by Crippen LogP contribution is -2.33. The summed E-state index contributed by atoms with van der Waals surface area (Å²) < 4.78 is 5.20. The number of pyridine rings is 1. The van der Waals surface area contributed by atoms with Gasteiger partial charge in [0.1, 0.15) is 19.7 Å². The van der Waals surface area contributed by atoms with E-state index in [1.54, 1.807) is 0 Å². The molecule has 1 aliphatic rings. The standard InChI is InChI=1S/C9H10BN3O3/c10-6-3-8(9(12-4-6)13(14)15)11-5-7-1-2-16-7/h3-4,7,11H,1-2,5H2. The lowest BCUT2D eigenvalue weighted by atomic mass is 9.98. The molecule has 2 rings (SSSR count). The van der Waals surface area contributed by atoms with Crippen LogP contribution >= 0.6 is 0 Å². The van der Waals surface area contributed by atoms with E-state index in [9.17, 15) is 10.1 Å². The minimum absolute atomic E-state index is 0.126. The van der Waals surface area contributed by atoms with Crippen LogP contribution in [0.1, 0.15) is 6.42 Å². The van der Waals surface area contributed by atoms with Gasteiger partial charge in [0.25, 0.3) is 0 Å². The van der Waals surface area contributed by atoms with Crippen molar-refractivity contribution in [1.29, 1.82) is 0 Å². The van der Waals surface area contributed by atoms with Gasteiger partial charge in [-0.25, -0.2) is 0 Å². The van der Waals surface area contributed by atoms with Gasteiger partial charge < -0.3 is 20.2 Å². The van der Waals surface area contributed by atoms with Gasteiger partial charge in [0.2, 0.25) is 0 Å². The Morgan fingerprint density at radius 3 is 3.06 bits per heavy atom. The van der Waals surface area contributed by atoms with Crippen molar-refractivity contribution in [3.05, 3.63) is 22.4 Å². The van der Waals surface area contributed by atoms with Gasteiger partial charge in [-0.3, -0.25) is 0 Å². The van der Waals surface area contributed by atoms with Gasteiger partial charge in [0, 0.05) is 13.2 Å². The van der Waals surface area contributed by atoms with Gasteiger partial charge >= 0.3 is 5.82 Å². The molecular formula is C9H10BN3O3. The molecule has 6 nitrogen and oxygen atoms in total. The van der Waals surface area contributed by atoms with E-state index < -0.39 is 4.92 Å². The van der Waals surface area contributed by atoms with E-state index in [1.165, 1.54) is 12.3 Å². The number of nitrogens with one attached hydrogen (secondary N) is 1. The second kappa shape index (κ2) is 4.48. The van der Waals surface area contributed by atoms with Crippen LogP contribution in [0, 0.1) is 10.1 Å². The Morgan fingerprint density at radius 1 is 1.75 bits per heavy atom. The molecule has 82 valence electrons. The predicted octanol–water partition coefficient (Wildman–Crippen LogP) is -0.0156. The number of hydrogen-bond donors (Lipinski definition) is 1. The largest absolute Gasteiger partial charge is 0.386 e. The summed E-state index contributed by atoms with van der Waals surface area (Å²) in [5.41, 5.74) is 0.725. The second-order valence-corrected chi connectivity index (χ2v) is 3.56. The summed E-state index contributed by atoms with van der Waals surface area (Å²) in [6, 6.07) is 1.50. The maximum Gasteiger partial charge on any atom is 0.386 e. The number of aromatic nitrogens is 1. The zero-order chi connectivity index (χ0) is 11.5. The third-order valence-electron chi connectivity index (χ3n) is 2.37. The van der Waals surface area contributed by atoms with Crippen molar-refractivity contribution in [3.63, 3.8) is 0 Å². The zero-order valence-corrected chi connectivity index (χ0v) is 8.55. The molecule has 1 saturated heterocycles. The maximum atomic E-state index is 10.7. The fourth-order valence-corrected chi connectivity index (χ4v) is 1.42. The van der Waals surface area contributed by atoms with Crippen LogP contribution in [0.5, 0.6) is 0 Å². The lowest BCUT2D eigenvalue weighted by molar-refractivity contribution is -0.388. The van der Waals surface area contributed by atoms with Crippen molar-refractivity contribution in [2.24, 2.45) is 0 Å². The molecule has 1 fully saturated rings. The lowest BCUT2D eigenvalue weighted by Gasteiger charge is -2.26. The molecule has 16 heavy (non-hydrogen) atoms. The van der Waals surface area contributed by atoms with Crippen molar-refractivity contribution < 1.29 is 9.66 Å². The Bertz CT molecular complexity index is 409. The van der Waals surface area contributed by atoms with Crippen LogP contribution in [0.25, 0.3) is 0 Å². The van der Waals surface area contributed by atoms with E-state index in [1.807, 2.05) is 0 Å². The van der Waals surface area contributed by atoms with Crippen LogP contribution in [-0.4, -0.2) is 37.0 Å². The SMILES string of the molecule is [B]c1cnc([N+](=O)[O-])c(NCC2CCO2)c1. The van der Waals surface area contributed by atoms with E-state index in [-0.39, 0.29) is 11.9 Å². The normalized spacial score (nSPS) is 18.9. The van der Waals surface area contributed by atoms with Crippen LogP contribution in [0.15, 0.2) is 12.3 Å². The van der Waals surface area contributed by atoms with Crippen LogP contribution < -0.4 is 10.8 Å². The average molecular weight is 219 g/mol. The Balaban J connectivity index is 2.09.